The predicted molar refractivity (Wildman–Crippen MR) is 70.9 cm³/mol. The Kier molecular flexibility index (Phi) is 8.73. The molecule has 0 fully saturated rings. The van der Waals surface area contributed by atoms with Crippen molar-refractivity contribution in [3.05, 3.63) is 0 Å². The largest absolute Gasteiger partial charge is 0.339 e. The van der Waals surface area contributed by atoms with E-state index < -0.39 is 0 Å². The fourth-order valence-corrected chi connectivity index (χ4v) is 2.08. The van der Waals surface area contributed by atoms with Crippen molar-refractivity contribution in [1.29, 1.82) is 0 Å². The van der Waals surface area contributed by atoms with Crippen molar-refractivity contribution in [3.63, 3.8) is 0 Å². The van der Waals surface area contributed by atoms with Crippen LogP contribution in [0, 0.1) is 5.92 Å². The zero-order valence-corrected chi connectivity index (χ0v) is 11.9. The number of hydrogen-bond acceptors (Lipinski definition) is 1. The second kappa shape index (κ2) is 8.86. The minimum absolute atomic E-state index is 0.186. The molecule has 0 aromatic heterocycles. The Hall–Kier alpha value is -0.240. The van der Waals surface area contributed by atoms with E-state index in [9.17, 15) is 4.79 Å². The van der Waals surface area contributed by atoms with Crippen LogP contribution in [0.15, 0.2) is 0 Å². The molecule has 0 N–H and O–H groups in total. The number of carbonyl (C=O) groups is 1. The average Bonchev–Trinajstić information content (AvgIpc) is 2.26. The maximum atomic E-state index is 12.3. The van der Waals surface area contributed by atoms with E-state index in [4.69, 9.17) is 11.6 Å². The van der Waals surface area contributed by atoms with Gasteiger partial charge in [0.25, 0.3) is 0 Å². The van der Waals surface area contributed by atoms with Crippen LogP contribution in [0.2, 0.25) is 0 Å². The van der Waals surface area contributed by atoms with Crippen LogP contribution in [0.3, 0.4) is 0 Å². The summed E-state index contributed by atoms with van der Waals surface area (Å²) in [6.45, 7) is 9.03. The lowest BCUT2D eigenvalue weighted by atomic mass is 9.97. The van der Waals surface area contributed by atoms with Gasteiger partial charge in [-0.2, -0.15) is 0 Å². The van der Waals surface area contributed by atoms with Gasteiger partial charge in [-0.3, -0.25) is 4.79 Å². The van der Waals surface area contributed by atoms with Crippen LogP contribution < -0.4 is 0 Å². The van der Waals surface area contributed by atoms with E-state index in [2.05, 4.69) is 27.7 Å². The minimum atomic E-state index is 0.186. The maximum absolute atomic E-state index is 12.3. The Balaban J connectivity index is 4.42. The molecule has 0 aliphatic carbocycles. The van der Waals surface area contributed by atoms with Crippen LogP contribution in [0.5, 0.6) is 0 Å². The van der Waals surface area contributed by atoms with E-state index in [1.165, 1.54) is 0 Å². The van der Waals surface area contributed by atoms with Gasteiger partial charge in [0.1, 0.15) is 0 Å². The molecule has 0 saturated carbocycles. The maximum Gasteiger partial charge on any atom is 0.225 e. The molecule has 0 bridgehead atoms. The highest BCUT2D eigenvalue weighted by molar-refractivity contribution is 6.18. The van der Waals surface area contributed by atoms with Crippen LogP contribution in [0.25, 0.3) is 0 Å². The lowest BCUT2D eigenvalue weighted by Gasteiger charge is -2.29. The summed E-state index contributed by atoms with van der Waals surface area (Å²) in [5, 5.41) is 0. The number of alkyl halides is 1. The standard InChI is InChI=1S/C13H26ClNO/c1-5-7-8-12(6-2)13(16)15(10-9-14)11(3)4/h11-12H,5-10H2,1-4H3. The Bertz CT molecular complexity index is 194. The van der Waals surface area contributed by atoms with Crippen molar-refractivity contribution < 1.29 is 4.79 Å². The average molecular weight is 248 g/mol. The predicted octanol–water partition coefficient (Wildman–Crippen LogP) is 3.68. The van der Waals surface area contributed by atoms with Crippen molar-refractivity contribution in [2.24, 2.45) is 5.92 Å². The molecule has 0 aromatic carbocycles. The highest BCUT2D eigenvalue weighted by atomic mass is 35.5. The van der Waals surface area contributed by atoms with Gasteiger partial charge in [0.05, 0.1) is 0 Å². The number of nitrogens with zero attached hydrogens (tertiary/aromatic N) is 1. The fourth-order valence-electron chi connectivity index (χ4n) is 1.90. The first-order valence-electron chi connectivity index (χ1n) is 6.44. The highest BCUT2D eigenvalue weighted by Crippen LogP contribution is 2.17. The van der Waals surface area contributed by atoms with E-state index in [1.807, 2.05) is 4.90 Å². The summed E-state index contributed by atoms with van der Waals surface area (Å²) in [5.74, 6) is 0.992. The highest BCUT2D eigenvalue weighted by Gasteiger charge is 2.23. The number of rotatable bonds is 8. The molecule has 0 aliphatic heterocycles. The van der Waals surface area contributed by atoms with Gasteiger partial charge in [-0.15, -0.1) is 11.6 Å². The molecular weight excluding hydrogens is 222 g/mol. The van der Waals surface area contributed by atoms with Crippen LogP contribution in [0.4, 0.5) is 0 Å². The molecule has 1 unspecified atom stereocenters. The van der Waals surface area contributed by atoms with Crippen LogP contribution >= 0.6 is 11.6 Å². The Labute approximate surface area is 105 Å². The zero-order chi connectivity index (χ0) is 12.6. The van der Waals surface area contributed by atoms with Gasteiger partial charge in [-0.25, -0.2) is 0 Å². The molecule has 3 heteroatoms. The van der Waals surface area contributed by atoms with E-state index in [1.54, 1.807) is 0 Å². The SMILES string of the molecule is CCCCC(CC)C(=O)N(CCCl)C(C)C. The number of carbonyl (C=O) groups excluding carboxylic acids is 1. The molecule has 0 aromatic rings. The number of amides is 1. The van der Waals surface area contributed by atoms with Crippen molar-refractivity contribution in [2.45, 2.75) is 59.4 Å². The second-order valence-electron chi connectivity index (χ2n) is 4.56. The van der Waals surface area contributed by atoms with E-state index >= 15 is 0 Å². The van der Waals surface area contributed by atoms with Crippen molar-refractivity contribution in [2.75, 3.05) is 12.4 Å². The molecule has 0 spiro atoms. The lowest BCUT2D eigenvalue weighted by molar-refractivity contribution is -0.137. The molecule has 1 atom stereocenters. The van der Waals surface area contributed by atoms with Gasteiger partial charge in [-0.1, -0.05) is 26.7 Å². The summed E-state index contributed by atoms with van der Waals surface area (Å²) in [6, 6.07) is 0.252. The Morgan fingerprint density at radius 2 is 1.94 bits per heavy atom. The van der Waals surface area contributed by atoms with Gasteiger partial charge in [0.2, 0.25) is 5.91 Å². The quantitative estimate of drug-likeness (QED) is 0.600. The minimum Gasteiger partial charge on any atom is -0.339 e. The third-order valence-electron chi connectivity index (χ3n) is 2.98. The lowest BCUT2D eigenvalue weighted by Crippen LogP contribution is -2.42. The van der Waals surface area contributed by atoms with Crippen LogP contribution in [-0.2, 0) is 4.79 Å². The van der Waals surface area contributed by atoms with Gasteiger partial charge in [0, 0.05) is 24.4 Å². The molecule has 0 aliphatic rings. The molecule has 0 heterocycles. The number of hydrogen-bond donors (Lipinski definition) is 0. The summed E-state index contributed by atoms with van der Waals surface area (Å²) < 4.78 is 0. The summed E-state index contributed by atoms with van der Waals surface area (Å²) in [4.78, 5) is 14.2. The number of halogens is 1. The van der Waals surface area contributed by atoms with Crippen molar-refractivity contribution >= 4 is 17.5 Å². The molecule has 1 amide bonds. The molecule has 16 heavy (non-hydrogen) atoms. The Morgan fingerprint density at radius 1 is 1.31 bits per heavy atom. The van der Waals surface area contributed by atoms with Crippen LogP contribution in [0.1, 0.15) is 53.4 Å². The van der Waals surface area contributed by atoms with E-state index in [-0.39, 0.29) is 17.9 Å². The molecule has 0 radical (unpaired) electrons. The summed E-state index contributed by atoms with van der Waals surface area (Å²) in [6.07, 6.45) is 4.24. The summed E-state index contributed by atoms with van der Waals surface area (Å²) in [7, 11) is 0. The van der Waals surface area contributed by atoms with Gasteiger partial charge < -0.3 is 4.90 Å². The van der Waals surface area contributed by atoms with Crippen LogP contribution in [-0.4, -0.2) is 29.3 Å². The van der Waals surface area contributed by atoms with Gasteiger partial charge >= 0.3 is 0 Å². The normalized spacial score (nSPS) is 12.9. The third-order valence-corrected chi connectivity index (χ3v) is 3.15. The van der Waals surface area contributed by atoms with Gasteiger partial charge in [-0.05, 0) is 26.7 Å². The summed E-state index contributed by atoms with van der Waals surface area (Å²) in [5.41, 5.74) is 0. The van der Waals surface area contributed by atoms with E-state index in [0.717, 1.165) is 25.7 Å². The first-order valence-corrected chi connectivity index (χ1v) is 6.98. The zero-order valence-electron chi connectivity index (χ0n) is 11.1. The van der Waals surface area contributed by atoms with Crippen molar-refractivity contribution in [3.8, 4) is 0 Å². The molecule has 2 nitrogen and oxygen atoms in total. The fraction of sp³-hybridized carbons (Fsp3) is 0.923. The molecular formula is C13H26ClNO. The smallest absolute Gasteiger partial charge is 0.225 e. The topological polar surface area (TPSA) is 20.3 Å². The van der Waals surface area contributed by atoms with Gasteiger partial charge in [0.15, 0.2) is 0 Å². The summed E-state index contributed by atoms with van der Waals surface area (Å²) >= 11 is 5.74. The molecule has 0 rings (SSSR count). The monoisotopic (exact) mass is 247 g/mol. The number of unbranched alkanes of at least 4 members (excludes halogenated alkanes) is 1. The molecule has 0 saturated heterocycles. The third kappa shape index (κ3) is 5.20. The van der Waals surface area contributed by atoms with Crippen molar-refractivity contribution in [1.82, 2.24) is 4.90 Å². The second-order valence-corrected chi connectivity index (χ2v) is 4.94. The Morgan fingerprint density at radius 3 is 2.31 bits per heavy atom. The molecule has 96 valence electrons. The first kappa shape index (κ1) is 15.8. The van der Waals surface area contributed by atoms with E-state index in [0.29, 0.717) is 12.4 Å². The first-order chi connectivity index (χ1) is 7.58.